The lowest BCUT2D eigenvalue weighted by molar-refractivity contribution is -0.137. The molecule has 3 heterocycles. The van der Waals surface area contributed by atoms with E-state index in [0.717, 1.165) is 43.3 Å². The Bertz CT molecular complexity index is 942. The van der Waals surface area contributed by atoms with Crippen LogP contribution in [0.25, 0.3) is 0 Å². The molecule has 1 amide bonds. The highest BCUT2D eigenvalue weighted by Gasteiger charge is 2.32. The van der Waals surface area contributed by atoms with E-state index < -0.39 is 11.7 Å². The van der Waals surface area contributed by atoms with E-state index in [9.17, 15) is 18.0 Å². The number of pyridine rings is 1. The van der Waals surface area contributed by atoms with Crippen LogP contribution < -0.4 is 4.90 Å². The molecule has 2 aromatic rings. The predicted molar refractivity (Wildman–Crippen MR) is 118 cm³/mol. The quantitative estimate of drug-likeness (QED) is 0.711. The van der Waals surface area contributed by atoms with Crippen LogP contribution in [0.5, 0.6) is 0 Å². The largest absolute Gasteiger partial charge is 0.416 e. The fourth-order valence-corrected chi connectivity index (χ4v) is 4.83. The Morgan fingerprint density at radius 1 is 1.00 bits per heavy atom. The van der Waals surface area contributed by atoms with Crippen LogP contribution in [0.1, 0.15) is 40.0 Å². The Morgan fingerprint density at radius 2 is 1.69 bits per heavy atom. The molecule has 2 aliphatic heterocycles. The van der Waals surface area contributed by atoms with Gasteiger partial charge in [-0.15, -0.1) is 0 Å². The lowest BCUT2D eigenvalue weighted by Gasteiger charge is -2.43. The van der Waals surface area contributed by atoms with Crippen molar-refractivity contribution in [3.8, 4) is 0 Å². The van der Waals surface area contributed by atoms with Crippen LogP contribution in [0.15, 0.2) is 36.5 Å². The van der Waals surface area contributed by atoms with E-state index in [1.165, 1.54) is 12.1 Å². The number of benzene rings is 1. The summed E-state index contributed by atoms with van der Waals surface area (Å²) in [5, 5.41) is 0. The standard InChI is InChI=1S/C24H29F3N4O/c1-17-6-9-28-18(2)22(17)23(32)31-10-7-20(8-11-31)29-12-14-30(15-13-29)21-5-3-4-19(16-21)24(25,26)27/h3-6,9,16,20H,7-8,10-15H2,1-2H3. The number of carbonyl (C=O) groups is 1. The molecule has 172 valence electrons. The number of hydrogen-bond donors (Lipinski definition) is 0. The Morgan fingerprint density at radius 3 is 2.31 bits per heavy atom. The van der Waals surface area contributed by atoms with Crippen LogP contribution in [-0.2, 0) is 6.18 Å². The number of nitrogens with zero attached hydrogens (tertiary/aromatic N) is 4. The highest BCUT2D eigenvalue weighted by atomic mass is 19.4. The SMILES string of the molecule is Cc1ccnc(C)c1C(=O)N1CCC(N2CCN(c3cccc(C(F)(F)F)c3)CC2)CC1. The summed E-state index contributed by atoms with van der Waals surface area (Å²) in [6, 6.07) is 7.85. The molecule has 5 nitrogen and oxygen atoms in total. The van der Waals surface area contributed by atoms with Gasteiger partial charge in [-0.05, 0) is 56.5 Å². The van der Waals surface area contributed by atoms with Crippen molar-refractivity contribution >= 4 is 11.6 Å². The number of piperidine rings is 1. The van der Waals surface area contributed by atoms with E-state index in [4.69, 9.17) is 0 Å². The first-order chi connectivity index (χ1) is 15.2. The Labute approximate surface area is 186 Å². The zero-order valence-corrected chi connectivity index (χ0v) is 18.5. The van der Waals surface area contributed by atoms with Crippen molar-refractivity contribution in [1.29, 1.82) is 0 Å². The zero-order valence-electron chi connectivity index (χ0n) is 18.5. The molecule has 1 aromatic heterocycles. The molecule has 2 fully saturated rings. The third kappa shape index (κ3) is 4.75. The van der Waals surface area contributed by atoms with Crippen LogP contribution in [0.4, 0.5) is 18.9 Å². The topological polar surface area (TPSA) is 39.7 Å². The van der Waals surface area contributed by atoms with Crippen molar-refractivity contribution in [2.45, 2.75) is 38.9 Å². The molecule has 0 saturated carbocycles. The molecule has 0 bridgehead atoms. The van der Waals surface area contributed by atoms with E-state index in [-0.39, 0.29) is 5.91 Å². The number of hydrogen-bond acceptors (Lipinski definition) is 4. The van der Waals surface area contributed by atoms with Crippen LogP contribution in [-0.4, -0.2) is 66.0 Å². The molecule has 0 atom stereocenters. The second-order valence-electron chi connectivity index (χ2n) is 8.68. The molecule has 0 aliphatic carbocycles. The number of rotatable bonds is 3. The third-order valence-corrected chi connectivity index (χ3v) is 6.68. The van der Waals surface area contributed by atoms with Gasteiger partial charge in [0.25, 0.3) is 5.91 Å². The summed E-state index contributed by atoms with van der Waals surface area (Å²) in [5.41, 5.74) is 2.45. The first-order valence-corrected chi connectivity index (χ1v) is 11.1. The normalized spacial score (nSPS) is 18.8. The van der Waals surface area contributed by atoms with E-state index >= 15 is 0 Å². The van der Waals surface area contributed by atoms with Gasteiger partial charge in [0.05, 0.1) is 16.8 Å². The number of alkyl halides is 3. The van der Waals surface area contributed by atoms with Gasteiger partial charge in [-0.1, -0.05) is 6.07 Å². The predicted octanol–water partition coefficient (Wildman–Crippen LogP) is 4.14. The molecule has 0 unspecified atom stereocenters. The number of halogens is 3. The van der Waals surface area contributed by atoms with Crippen LogP contribution in [0.2, 0.25) is 0 Å². The minimum absolute atomic E-state index is 0.0564. The maximum Gasteiger partial charge on any atom is 0.416 e. The maximum absolute atomic E-state index is 13.0. The van der Waals surface area contributed by atoms with Crippen LogP contribution >= 0.6 is 0 Å². The van der Waals surface area contributed by atoms with E-state index in [1.807, 2.05) is 29.7 Å². The van der Waals surface area contributed by atoms with Gasteiger partial charge in [0.2, 0.25) is 0 Å². The van der Waals surface area contributed by atoms with E-state index in [2.05, 4.69) is 9.88 Å². The minimum atomic E-state index is -4.32. The molecule has 0 N–H and O–H groups in total. The highest BCUT2D eigenvalue weighted by Crippen LogP contribution is 2.32. The maximum atomic E-state index is 13.0. The van der Waals surface area contributed by atoms with Gasteiger partial charge >= 0.3 is 6.18 Å². The molecular weight excluding hydrogens is 417 g/mol. The molecule has 32 heavy (non-hydrogen) atoms. The van der Waals surface area contributed by atoms with Gasteiger partial charge in [0.15, 0.2) is 0 Å². The molecule has 4 rings (SSSR count). The Balaban J connectivity index is 1.31. The minimum Gasteiger partial charge on any atom is -0.369 e. The van der Waals surface area contributed by atoms with Gasteiger partial charge in [0.1, 0.15) is 0 Å². The van der Waals surface area contributed by atoms with Gasteiger partial charge < -0.3 is 9.80 Å². The lowest BCUT2D eigenvalue weighted by Crippen LogP contribution is -2.54. The van der Waals surface area contributed by atoms with Gasteiger partial charge in [-0.25, -0.2) is 0 Å². The number of amides is 1. The molecular formula is C24H29F3N4O. The molecule has 0 spiro atoms. The molecule has 1 aromatic carbocycles. The fourth-order valence-electron chi connectivity index (χ4n) is 4.83. The fraction of sp³-hybridized carbons (Fsp3) is 0.500. The molecule has 8 heteroatoms. The summed E-state index contributed by atoms with van der Waals surface area (Å²) >= 11 is 0. The van der Waals surface area contributed by atoms with E-state index in [1.54, 1.807) is 12.3 Å². The average Bonchev–Trinajstić information content (AvgIpc) is 2.79. The summed E-state index contributed by atoms with van der Waals surface area (Å²) in [7, 11) is 0. The number of anilines is 1. The number of aryl methyl sites for hydroxylation is 2. The number of aromatic nitrogens is 1. The van der Waals surface area contributed by atoms with Crippen LogP contribution in [0.3, 0.4) is 0 Å². The second kappa shape index (κ2) is 9.10. The summed E-state index contributed by atoms with van der Waals surface area (Å²) in [4.78, 5) is 23.7. The number of carbonyl (C=O) groups excluding carboxylic acids is 1. The van der Waals surface area contributed by atoms with Gasteiger partial charge in [-0.2, -0.15) is 13.2 Å². The van der Waals surface area contributed by atoms with Gasteiger partial charge in [-0.3, -0.25) is 14.7 Å². The summed E-state index contributed by atoms with van der Waals surface area (Å²) in [6.07, 6.45) is -0.774. The summed E-state index contributed by atoms with van der Waals surface area (Å²) in [5.74, 6) is 0.0564. The zero-order chi connectivity index (χ0) is 22.9. The number of likely N-dealkylation sites (tertiary alicyclic amines) is 1. The van der Waals surface area contributed by atoms with Gasteiger partial charge in [0, 0.05) is 57.2 Å². The summed E-state index contributed by atoms with van der Waals surface area (Å²) < 4.78 is 39.1. The average molecular weight is 447 g/mol. The van der Waals surface area contributed by atoms with Crippen molar-refractivity contribution in [2.24, 2.45) is 0 Å². The number of piperazine rings is 1. The summed E-state index contributed by atoms with van der Waals surface area (Å²) in [6.45, 7) is 8.28. The smallest absolute Gasteiger partial charge is 0.369 e. The van der Waals surface area contributed by atoms with Crippen molar-refractivity contribution < 1.29 is 18.0 Å². The van der Waals surface area contributed by atoms with Crippen LogP contribution in [0, 0.1) is 13.8 Å². The monoisotopic (exact) mass is 446 g/mol. The lowest BCUT2D eigenvalue weighted by atomic mass is 10.00. The molecule has 2 saturated heterocycles. The second-order valence-corrected chi connectivity index (χ2v) is 8.68. The molecule has 2 aliphatic rings. The van der Waals surface area contributed by atoms with Crippen molar-refractivity contribution in [3.05, 3.63) is 58.9 Å². The van der Waals surface area contributed by atoms with Crippen molar-refractivity contribution in [3.63, 3.8) is 0 Å². The first-order valence-electron chi connectivity index (χ1n) is 11.1. The van der Waals surface area contributed by atoms with E-state index in [0.29, 0.717) is 43.5 Å². The first kappa shape index (κ1) is 22.6. The molecule has 0 radical (unpaired) electrons. The Hall–Kier alpha value is -2.61. The highest BCUT2D eigenvalue weighted by molar-refractivity contribution is 5.96. The van der Waals surface area contributed by atoms with Crippen molar-refractivity contribution in [1.82, 2.24) is 14.8 Å². The Kier molecular flexibility index (Phi) is 6.42. The van der Waals surface area contributed by atoms with Crippen molar-refractivity contribution in [2.75, 3.05) is 44.2 Å². The third-order valence-electron chi connectivity index (χ3n) is 6.68.